The Kier molecular flexibility index (Phi) is 5.30. The lowest BCUT2D eigenvalue weighted by Gasteiger charge is -2.12. The largest absolute Gasteiger partial charge is 0.377 e. The van der Waals surface area contributed by atoms with Crippen LogP contribution in [0.25, 0.3) is 0 Å². The Morgan fingerprint density at radius 2 is 2.15 bits per heavy atom. The first kappa shape index (κ1) is 15.2. The Balaban J connectivity index is 1.83. The van der Waals surface area contributed by atoms with Crippen LogP contribution in [0.5, 0.6) is 0 Å². The number of hydrogen-bond donors (Lipinski definition) is 3. The summed E-state index contributed by atoms with van der Waals surface area (Å²) in [7, 11) is -3.55. The van der Waals surface area contributed by atoms with Gasteiger partial charge in [0.25, 0.3) is 0 Å². The lowest BCUT2D eigenvalue weighted by atomic mass is 10.3. The molecule has 1 aliphatic rings. The van der Waals surface area contributed by atoms with Crippen LogP contribution < -0.4 is 16.0 Å². The fraction of sp³-hybridized carbons (Fsp3) is 0.583. The molecule has 0 radical (unpaired) electrons. The number of rotatable bonds is 7. The number of sulfonamides is 1. The maximum Gasteiger partial charge on any atom is 0.240 e. The summed E-state index contributed by atoms with van der Waals surface area (Å²) in [6, 6.07) is 2.79. The number of pyridine rings is 1. The zero-order valence-corrected chi connectivity index (χ0v) is 12.0. The highest BCUT2D eigenvalue weighted by Crippen LogP contribution is 2.20. The molecule has 1 aromatic rings. The van der Waals surface area contributed by atoms with E-state index in [1.807, 2.05) is 0 Å². The molecule has 20 heavy (non-hydrogen) atoms. The van der Waals surface area contributed by atoms with Crippen LogP contribution in [0.2, 0.25) is 0 Å². The quantitative estimate of drug-likeness (QED) is 0.387. The van der Waals surface area contributed by atoms with Crippen molar-refractivity contribution in [3.63, 3.8) is 0 Å². The SMILES string of the molecule is NNc1cc(S(=O)(=O)NCCOC2CCCC2)ccn1. The van der Waals surface area contributed by atoms with Crippen LogP contribution in [0.3, 0.4) is 0 Å². The third kappa shape index (κ3) is 4.14. The van der Waals surface area contributed by atoms with Gasteiger partial charge in [0, 0.05) is 18.8 Å². The van der Waals surface area contributed by atoms with Crippen LogP contribution in [0, 0.1) is 0 Å². The second kappa shape index (κ2) is 6.98. The van der Waals surface area contributed by atoms with E-state index in [0.717, 1.165) is 12.8 Å². The van der Waals surface area contributed by atoms with Crippen molar-refractivity contribution in [2.45, 2.75) is 36.7 Å². The highest BCUT2D eigenvalue weighted by Gasteiger charge is 2.17. The molecule has 1 aliphatic carbocycles. The number of nitrogens with one attached hydrogen (secondary N) is 2. The van der Waals surface area contributed by atoms with Gasteiger partial charge in [0.1, 0.15) is 5.82 Å². The van der Waals surface area contributed by atoms with Gasteiger partial charge < -0.3 is 10.2 Å². The van der Waals surface area contributed by atoms with E-state index >= 15 is 0 Å². The van der Waals surface area contributed by atoms with Crippen molar-refractivity contribution in [2.75, 3.05) is 18.6 Å². The fourth-order valence-electron chi connectivity index (χ4n) is 2.20. The van der Waals surface area contributed by atoms with Crippen molar-refractivity contribution < 1.29 is 13.2 Å². The molecule has 2 rings (SSSR count). The smallest absolute Gasteiger partial charge is 0.240 e. The summed E-state index contributed by atoms with van der Waals surface area (Å²) >= 11 is 0. The van der Waals surface area contributed by atoms with Crippen molar-refractivity contribution >= 4 is 15.8 Å². The van der Waals surface area contributed by atoms with Gasteiger partial charge in [-0.15, -0.1) is 0 Å². The molecule has 1 heterocycles. The third-order valence-corrected chi connectivity index (χ3v) is 4.70. The summed E-state index contributed by atoms with van der Waals surface area (Å²) in [4.78, 5) is 3.99. The molecule has 0 unspecified atom stereocenters. The molecule has 0 amide bonds. The molecule has 1 fully saturated rings. The molecule has 1 saturated carbocycles. The van der Waals surface area contributed by atoms with Gasteiger partial charge >= 0.3 is 0 Å². The molecule has 4 N–H and O–H groups in total. The summed E-state index contributed by atoms with van der Waals surface area (Å²) in [5.41, 5.74) is 2.32. The topological polar surface area (TPSA) is 106 Å². The van der Waals surface area contributed by atoms with Crippen molar-refractivity contribution in [2.24, 2.45) is 5.84 Å². The van der Waals surface area contributed by atoms with Gasteiger partial charge in [0.2, 0.25) is 10.0 Å². The minimum absolute atomic E-state index is 0.126. The normalized spacial score (nSPS) is 16.4. The number of aromatic nitrogens is 1. The molecule has 0 bridgehead atoms. The predicted octanol–water partition coefficient (Wildman–Crippen LogP) is 0.605. The molecule has 0 spiro atoms. The third-order valence-electron chi connectivity index (χ3n) is 3.24. The van der Waals surface area contributed by atoms with Crippen LogP contribution in [0.1, 0.15) is 25.7 Å². The Labute approximate surface area is 118 Å². The number of hydrogen-bond acceptors (Lipinski definition) is 6. The number of anilines is 1. The summed E-state index contributed by atoms with van der Waals surface area (Å²) in [5.74, 6) is 5.51. The maximum absolute atomic E-state index is 12.0. The molecule has 8 heteroatoms. The van der Waals surface area contributed by atoms with E-state index in [2.05, 4.69) is 15.1 Å². The van der Waals surface area contributed by atoms with E-state index in [1.54, 1.807) is 0 Å². The Bertz CT molecular complexity index is 529. The molecule has 1 aromatic heterocycles. The van der Waals surface area contributed by atoms with Crippen molar-refractivity contribution in [3.8, 4) is 0 Å². The molecule has 7 nitrogen and oxygen atoms in total. The number of nitrogens with two attached hydrogens (primary N) is 1. The number of ether oxygens (including phenoxy) is 1. The van der Waals surface area contributed by atoms with Crippen LogP contribution in [0.15, 0.2) is 23.2 Å². The molecule has 0 aliphatic heterocycles. The minimum atomic E-state index is -3.55. The Morgan fingerprint density at radius 3 is 2.85 bits per heavy atom. The average Bonchev–Trinajstić information content (AvgIpc) is 2.97. The molecular formula is C12H20N4O3S. The van der Waals surface area contributed by atoms with Crippen LogP contribution in [0.4, 0.5) is 5.82 Å². The zero-order valence-electron chi connectivity index (χ0n) is 11.2. The Morgan fingerprint density at radius 1 is 1.40 bits per heavy atom. The molecule has 0 atom stereocenters. The van der Waals surface area contributed by atoms with E-state index in [-0.39, 0.29) is 17.5 Å². The summed E-state index contributed by atoms with van der Waals surface area (Å²) in [6.07, 6.45) is 6.21. The van der Waals surface area contributed by atoms with E-state index in [4.69, 9.17) is 10.6 Å². The first-order valence-electron chi connectivity index (χ1n) is 6.66. The summed E-state index contributed by atoms with van der Waals surface area (Å²) in [5, 5.41) is 0. The van der Waals surface area contributed by atoms with Crippen LogP contribution in [-0.4, -0.2) is 32.7 Å². The standard InChI is InChI=1S/C12H20N4O3S/c13-16-12-9-11(5-6-14-12)20(17,18)15-7-8-19-10-3-1-2-4-10/h5-6,9-10,15H,1-4,7-8,13H2,(H,14,16). The second-order valence-electron chi connectivity index (χ2n) is 4.70. The second-order valence-corrected chi connectivity index (χ2v) is 6.46. The van der Waals surface area contributed by atoms with Gasteiger partial charge in [-0.3, -0.25) is 0 Å². The lowest BCUT2D eigenvalue weighted by Crippen LogP contribution is -2.28. The van der Waals surface area contributed by atoms with E-state index in [0.29, 0.717) is 12.4 Å². The first-order valence-corrected chi connectivity index (χ1v) is 8.14. The number of hydrazine groups is 1. The average molecular weight is 300 g/mol. The molecule has 112 valence electrons. The van der Waals surface area contributed by atoms with Gasteiger partial charge in [-0.05, 0) is 18.9 Å². The van der Waals surface area contributed by atoms with E-state index in [9.17, 15) is 8.42 Å². The highest BCUT2D eigenvalue weighted by atomic mass is 32.2. The van der Waals surface area contributed by atoms with Gasteiger partial charge in [-0.25, -0.2) is 24.0 Å². The Hall–Kier alpha value is -1.22. The van der Waals surface area contributed by atoms with Gasteiger partial charge in [0.05, 0.1) is 17.6 Å². The van der Waals surface area contributed by atoms with Crippen molar-refractivity contribution in [3.05, 3.63) is 18.3 Å². The van der Waals surface area contributed by atoms with Gasteiger partial charge in [0.15, 0.2) is 0 Å². The first-order chi connectivity index (χ1) is 9.62. The van der Waals surface area contributed by atoms with Gasteiger partial charge in [-0.2, -0.15) is 0 Å². The van der Waals surface area contributed by atoms with E-state index in [1.165, 1.54) is 31.2 Å². The van der Waals surface area contributed by atoms with Gasteiger partial charge in [-0.1, -0.05) is 12.8 Å². The highest BCUT2D eigenvalue weighted by molar-refractivity contribution is 7.89. The monoisotopic (exact) mass is 300 g/mol. The predicted molar refractivity (Wildman–Crippen MR) is 75.4 cm³/mol. The lowest BCUT2D eigenvalue weighted by molar-refractivity contribution is 0.0626. The number of nitrogens with zero attached hydrogens (tertiary/aromatic N) is 1. The maximum atomic E-state index is 12.0. The summed E-state index contributed by atoms with van der Waals surface area (Å²) in [6.45, 7) is 0.642. The summed E-state index contributed by atoms with van der Waals surface area (Å²) < 4.78 is 32.2. The number of nitrogen functional groups attached to an aromatic ring is 1. The van der Waals surface area contributed by atoms with Crippen molar-refractivity contribution in [1.82, 2.24) is 9.71 Å². The van der Waals surface area contributed by atoms with Crippen LogP contribution in [-0.2, 0) is 14.8 Å². The van der Waals surface area contributed by atoms with Crippen LogP contribution >= 0.6 is 0 Å². The van der Waals surface area contributed by atoms with Crippen molar-refractivity contribution in [1.29, 1.82) is 0 Å². The zero-order chi connectivity index (χ0) is 14.4. The fourth-order valence-corrected chi connectivity index (χ4v) is 3.22. The molecular weight excluding hydrogens is 280 g/mol. The molecule has 0 aromatic carbocycles. The van der Waals surface area contributed by atoms with E-state index < -0.39 is 10.0 Å². The molecule has 0 saturated heterocycles. The minimum Gasteiger partial charge on any atom is -0.377 e.